The minimum Gasteiger partial charge on any atom is -0.478 e. The van der Waals surface area contributed by atoms with Gasteiger partial charge in [0.05, 0.1) is 4.92 Å². The minimum absolute atomic E-state index is 0.0326. The number of carboxylic acid groups (broad SMARTS) is 2. The molecule has 4 rings (SSSR count). The molecule has 1 saturated heterocycles. The van der Waals surface area contributed by atoms with E-state index in [0.29, 0.717) is 17.7 Å². The van der Waals surface area contributed by atoms with E-state index in [1.807, 2.05) is 18.2 Å². The van der Waals surface area contributed by atoms with Crippen LogP contribution in [-0.2, 0) is 16.1 Å². The monoisotopic (exact) mass is 523 g/mol. The maximum atomic E-state index is 12.5. The predicted octanol–water partition coefficient (Wildman–Crippen LogP) is 2.75. The van der Waals surface area contributed by atoms with Crippen LogP contribution < -0.4 is 5.32 Å². The molecule has 0 atom stereocenters. The average molecular weight is 524 g/mol. The smallest absolute Gasteiger partial charge is 0.328 e. The van der Waals surface area contributed by atoms with Crippen LogP contribution in [-0.4, -0.2) is 67.2 Å². The van der Waals surface area contributed by atoms with Crippen LogP contribution in [0.5, 0.6) is 0 Å². The number of carbonyl (C=O) groups is 3. The highest BCUT2D eigenvalue weighted by Crippen LogP contribution is 2.21. The van der Waals surface area contributed by atoms with Crippen molar-refractivity contribution in [3.63, 3.8) is 0 Å². The minimum atomic E-state index is -1.26. The first-order chi connectivity index (χ1) is 18.2. The van der Waals surface area contributed by atoms with E-state index in [-0.39, 0.29) is 29.4 Å². The van der Waals surface area contributed by atoms with Crippen molar-refractivity contribution in [2.24, 2.45) is 0 Å². The van der Waals surface area contributed by atoms with Crippen molar-refractivity contribution in [2.75, 3.05) is 13.1 Å². The van der Waals surface area contributed by atoms with E-state index in [1.165, 1.54) is 29.8 Å². The van der Waals surface area contributed by atoms with Crippen LogP contribution in [0.3, 0.4) is 0 Å². The second kappa shape index (κ2) is 13.4. The van der Waals surface area contributed by atoms with Gasteiger partial charge in [-0.2, -0.15) is 4.98 Å². The Morgan fingerprint density at radius 3 is 2.18 bits per heavy atom. The molecule has 3 aromatic rings. The zero-order valence-electron chi connectivity index (χ0n) is 20.1. The third-order valence-corrected chi connectivity index (χ3v) is 5.49. The fourth-order valence-electron chi connectivity index (χ4n) is 3.63. The van der Waals surface area contributed by atoms with Gasteiger partial charge >= 0.3 is 11.9 Å². The number of amides is 1. The Morgan fingerprint density at radius 2 is 1.63 bits per heavy atom. The molecular weight excluding hydrogens is 498 g/mol. The first-order valence-electron chi connectivity index (χ1n) is 11.5. The number of nitrogens with one attached hydrogen (secondary N) is 1. The summed E-state index contributed by atoms with van der Waals surface area (Å²) in [6.07, 6.45) is 2.82. The second-order valence-electron chi connectivity index (χ2n) is 8.25. The lowest BCUT2D eigenvalue weighted by Crippen LogP contribution is -2.44. The van der Waals surface area contributed by atoms with Crippen molar-refractivity contribution in [3.05, 3.63) is 88.3 Å². The number of carbonyl (C=O) groups excluding carboxylic acids is 1. The van der Waals surface area contributed by atoms with Crippen LogP contribution in [0, 0.1) is 10.1 Å². The lowest BCUT2D eigenvalue weighted by molar-refractivity contribution is -0.384. The Hall–Kier alpha value is -4.91. The van der Waals surface area contributed by atoms with Gasteiger partial charge in [-0.15, -0.1) is 0 Å². The Morgan fingerprint density at radius 1 is 1.03 bits per heavy atom. The van der Waals surface area contributed by atoms with Gasteiger partial charge in [0, 0.05) is 55.5 Å². The number of aromatic nitrogens is 2. The summed E-state index contributed by atoms with van der Waals surface area (Å²) >= 11 is 0. The first-order valence-corrected chi connectivity index (χ1v) is 11.5. The number of non-ortho nitro benzene ring substituents is 1. The molecule has 38 heavy (non-hydrogen) atoms. The second-order valence-corrected chi connectivity index (χ2v) is 8.25. The molecule has 2 heterocycles. The highest BCUT2D eigenvalue weighted by molar-refractivity contribution is 5.91. The van der Waals surface area contributed by atoms with Crippen LogP contribution in [0.15, 0.2) is 71.3 Å². The summed E-state index contributed by atoms with van der Waals surface area (Å²) in [6.45, 7) is 2.71. The third kappa shape index (κ3) is 8.64. The zero-order valence-corrected chi connectivity index (χ0v) is 20.1. The van der Waals surface area contributed by atoms with Gasteiger partial charge in [0.2, 0.25) is 0 Å². The fraction of sp³-hybridized carbons (Fsp3) is 0.240. The summed E-state index contributed by atoms with van der Waals surface area (Å²) < 4.78 is 5.14. The Balaban J connectivity index is 0.000000436. The molecule has 2 aromatic carbocycles. The van der Waals surface area contributed by atoms with Crippen LogP contribution in [0.4, 0.5) is 5.69 Å². The highest BCUT2D eigenvalue weighted by atomic mass is 16.6. The number of rotatable bonds is 8. The largest absolute Gasteiger partial charge is 0.478 e. The van der Waals surface area contributed by atoms with E-state index in [1.54, 1.807) is 0 Å². The van der Waals surface area contributed by atoms with Crippen molar-refractivity contribution >= 4 is 23.5 Å². The van der Waals surface area contributed by atoms with Crippen molar-refractivity contribution < 1.29 is 34.0 Å². The van der Waals surface area contributed by atoms with E-state index in [4.69, 9.17) is 14.7 Å². The highest BCUT2D eigenvalue weighted by Gasteiger charge is 2.23. The maximum absolute atomic E-state index is 12.5. The summed E-state index contributed by atoms with van der Waals surface area (Å²) in [7, 11) is 0. The molecule has 1 aliphatic heterocycles. The number of benzene rings is 2. The molecule has 1 aromatic heterocycles. The van der Waals surface area contributed by atoms with Crippen LogP contribution in [0.25, 0.3) is 11.5 Å². The topological polar surface area (TPSA) is 189 Å². The molecule has 1 aliphatic rings. The summed E-state index contributed by atoms with van der Waals surface area (Å²) in [4.78, 5) is 48.3. The van der Waals surface area contributed by atoms with Gasteiger partial charge in [-0.25, -0.2) is 9.59 Å². The molecular formula is C25H25N5O8. The van der Waals surface area contributed by atoms with Crippen molar-refractivity contribution in [1.82, 2.24) is 20.4 Å². The molecule has 0 saturated carbocycles. The summed E-state index contributed by atoms with van der Waals surface area (Å²) in [5.41, 5.74) is 1.77. The van der Waals surface area contributed by atoms with E-state index in [9.17, 15) is 24.5 Å². The molecule has 13 heteroatoms. The maximum Gasteiger partial charge on any atom is 0.328 e. The Bertz CT molecular complexity index is 1270. The average Bonchev–Trinajstić information content (AvgIpc) is 3.40. The standard InChI is InChI=1S/C21H21N5O4.C4H4O4/c27-20(19-23-21(30-24-19)16-6-8-18(9-7-16)26(28)29)22-17-10-12-25(13-11-17)14-15-4-2-1-3-5-15;5-3(6)1-2-4(7)8/h1-9,17H,10-14H2,(H,22,27);1-2H,(H,5,6)(H,7,8). The number of aliphatic carboxylic acids is 2. The van der Waals surface area contributed by atoms with Crippen molar-refractivity contribution in [1.29, 1.82) is 0 Å². The van der Waals surface area contributed by atoms with Gasteiger partial charge in [-0.3, -0.25) is 19.8 Å². The predicted molar refractivity (Wildman–Crippen MR) is 133 cm³/mol. The van der Waals surface area contributed by atoms with Gasteiger partial charge in [0.1, 0.15) is 0 Å². The van der Waals surface area contributed by atoms with Gasteiger partial charge in [-0.1, -0.05) is 35.5 Å². The normalized spacial score (nSPS) is 13.9. The van der Waals surface area contributed by atoms with Crippen LogP contribution in [0.2, 0.25) is 0 Å². The summed E-state index contributed by atoms with van der Waals surface area (Å²) in [6, 6.07) is 16.1. The van der Waals surface area contributed by atoms with E-state index in [2.05, 4.69) is 32.5 Å². The van der Waals surface area contributed by atoms with E-state index >= 15 is 0 Å². The van der Waals surface area contributed by atoms with Gasteiger partial charge < -0.3 is 20.1 Å². The number of hydrogen-bond donors (Lipinski definition) is 3. The first kappa shape index (κ1) is 27.7. The molecule has 0 spiro atoms. The number of likely N-dealkylation sites (tertiary alicyclic amines) is 1. The Kier molecular flexibility index (Phi) is 9.77. The van der Waals surface area contributed by atoms with E-state index in [0.717, 1.165) is 32.5 Å². The molecule has 1 fully saturated rings. The van der Waals surface area contributed by atoms with Crippen molar-refractivity contribution in [2.45, 2.75) is 25.4 Å². The molecule has 0 unspecified atom stereocenters. The third-order valence-electron chi connectivity index (χ3n) is 5.49. The van der Waals surface area contributed by atoms with Crippen LogP contribution >= 0.6 is 0 Å². The number of nitro benzene ring substituents is 1. The molecule has 3 N–H and O–H groups in total. The lowest BCUT2D eigenvalue weighted by atomic mass is 10.0. The van der Waals surface area contributed by atoms with Gasteiger partial charge in [0.25, 0.3) is 23.3 Å². The number of hydrogen-bond acceptors (Lipinski definition) is 9. The number of nitro groups is 1. The zero-order chi connectivity index (χ0) is 27.5. The fourth-order valence-corrected chi connectivity index (χ4v) is 3.63. The Labute approximate surface area is 216 Å². The molecule has 1 amide bonds. The quantitative estimate of drug-likeness (QED) is 0.224. The SMILES string of the molecule is O=C(NC1CCN(Cc2ccccc2)CC1)c1noc(-c2ccc([N+](=O)[O-])cc2)n1.O=C(O)C=CC(=O)O. The number of nitrogens with zero attached hydrogens (tertiary/aromatic N) is 4. The lowest BCUT2D eigenvalue weighted by Gasteiger charge is -2.32. The van der Waals surface area contributed by atoms with Gasteiger partial charge in [0.15, 0.2) is 0 Å². The van der Waals surface area contributed by atoms with Gasteiger partial charge in [-0.05, 0) is 30.5 Å². The van der Waals surface area contributed by atoms with E-state index < -0.39 is 16.9 Å². The molecule has 0 radical (unpaired) electrons. The summed E-state index contributed by atoms with van der Waals surface area (Å²) in [5.74, 6) is -2.80. The number of piperidine rings is 1. The molecule has 198 valence electrons. The number of carboxylic acids is 2. The summed E-state index contributed by atoms with van der Waals surface area (Å²) in [5, 5.41) is 33.1. The van der Waals surface area contributed by atoms with Crippen LogP contribution in [0.1, 0.15) is 29.0 Å². The molecule has 0 bridgehead atoms. The molecule has 13 nitrogen and oxygen atoms in total. The molecule has 0 aliphatic carbocycles. The van der Waals surface area contributed by atoms with Crippen molar-refractivity contribution in [3.8, 4) is 11.5 Å².